The third-order valence-electron chi connectivity index (χ3n) is 4.32. The van der Waals surface area contributed by atoms with Gasteiger partial charge in [0.2, 0.25) is 5.91 Å². The molecule has 1 unspecified atom stereocenters. The molecule has 2 amide bonds. The van der Waals surface area contributed by atoms with Crippen LogP contribution in [0.5, 0.6) is 0 Å². The van der Waals surface area contributed by atoms with Crippen LogP contribution in [0.25, 0.3) is 0 Å². The molecule has 22 heavy (non-hydrogen) atoms. The minimum absolute atomic E-state index is 0.0371. The van der Waals surface area contributed by atoms with Crippen LogP contribution in [-0.4, -0.2) is 40.6 Å². The molecule has 6 nitrogen and oxygen atoms in total. The number of nitrogens with one attached hydrogen (secondary N) is 1. The molecule has 1 rings (SSSR count). The summed E-state index contributed by atoms with van der Waals surface area (Å²) >= 11 is 0. The van der Waals surface area contributed by atoms with Crippen LogP contribution in [0.4, 0.5) is 4.79 Å². The number of carboxylic acid groups (broad SMARTS) is 1. The van der Waals surface area contributed by atoms with Gasteiger partial charge in [-0.25, -0.2) is 4.79 Å². The van der Waals surface area contributed by atoms with E-state index >= 15 is 0 Å². The zero-order chi connectivity index (χ0) is 16.8. The average Bonchev–Trinajstić information content (AvgIpc) is 2.44. The third-order valence-corrected chi connectivity index (χ3v) is 4.32. The van der Waals surface area contributed by atoms with Crippen molar-refractivity contribution >= 4 is 12.0 Å². The summed E-state index contributed by atoms with van der Waals surface area (Å²) in [6.07, 6.45) is 4.21. The fourth-order valence-electron chi connectivity index (χ4n) is 3.08. The van der Waals surface area contributed by atoms with E-state index < -0.39 is 11.6 Å². The van der Waals surface area contributed by atoms with E-state index in [1.54, 1.807) is 0 Å². The Morgan fingerprint density at radius 1 is 1.32 bits per heavy atom. The molecule has 1 saturated carbocycles. The van der Waals surface area contributed by atoms with E-state index in [2.05, 4.69) is 5.32 Å². The molecule has 0 aliphatic heterocycles. The Morgan fingerprint density at radius 2 is 1.91 bits per heavy atom. The van der Waals surface area contributed by atoms with Gasteiger partial charge in [0.15, 0.2) is 0 Å². The van der Waals surface area contributed by atoms with Crippen LogP contribution >= 0.6 is 0 Å². The molecular formula is C16H27N3O3. The zero-order valence-electron chi connectivity index (χ0n) is 13.8. The van der Waals surface area contributed by atoms with Gasteiger partial charge in [-0.1, -0.05) is 19.3 Å². The van der Waals surface area contributed by atoms with Crippen LogP contribution in [-0.2, 0) is 4.79 Å². The van der Waals surface area contributed by atoms with Crippen molar-refractivity contribution in [2.75, 3.05) is 13.1 Å². The first-order chi connectivity index (χ1) is 10.3. The predicted octanol–water partition coefficient (Wildman–Crippen LogP) is 2.60. The van der Waals surface area contributed by atoms with Crippen molar-refractivity contribution in [1.82, 2.24) is 10.2 Å². The molecule has 2 N–H and O–H groups in total. The number of carbonyl (C=O) groups excluding carboxylic acids is 1. The lowest BCUT2D eigenvalue weighted by Gasteiger charge is -2.38. The van der Waals surface area contributed by atoms with Crippen molar-refractivity contribution in [2.24, 2.45) is 11.8 Å². The molecular weight excluding hydrogens is 282 g/mol. The molecule has 1 aliphatic rings. The SMILES string of the molecule is CC(C)(C)N(CC(C(=O)NCC#N)C1CCCCC1)C(=O)O. The molecule has 124 valence electrons. The Kier molecular flexibility index (Phi) is 6.66. The van der Waals surface area contributed by atoms with Crippen molar-refractivity contribution in [2.45, 2.75) is 58.4 Å². The molecule has 6 heteroatoms. The number of hydrogen-bond donors (Lipinski definition) is 2. The lowest BCUT2D eigenvalue weighted by molar-refractivity contribution is -0.127. The van der Waals surface area contributed by atoms with Gasteiger partial charge in [-0.3, -0.25) is 4.79 Å². The first-order valence-electron chi connectivity index (χ1n) is 7.92. The summed E-state index contributed by atoms with van der Waals surface area (Å²) in [5.41, 5.74) is -0.561. The van der Waals surface area contributed by atoms with E-state index in [1.807, 2.05) is 26.8 Å². The molecule has 1 aliphatic carbocycles. The standard InChI is InChI=1S/C16H27N3O3/c1-16(2,3)19(15(21)22)11-13(14(20)18-10-9-17)12-7-5-4-6-8-12/h12-13H,4-8,10-11H2,1-3H3,(H,18,20)(H,21,22). The van der Waals surface area contributed by atoms with Gasteiger partial charge in [-0.05, 0) is 39.5 Å². The first-order valence-corrected chi connectivity index (χ1v) is 7.92. The normalized spacial score (nSPS) is 17.4. The Hall–Kier alpha value is -1.77. The summed E-state index contributed by atoms with van der Waals surface area (Å²) in [5.74, 6) is -0.399. The summed E-state index contributed by atoms with van der Waals surface area (Å²) in [5, 5.41) is 20.7. The Bertz CT molecular complexity index is 431. The predicted molar refractivity (Wildman–Crippen MR) is 83.2 cm³/mol. The Labute approximate surface area is 132 Å². The highest BCUT2D eigenvalue weighted by Crippen LogP contribution is 2.32. The topological polar surface area (TPSA) is 93.4 Å². The fourth-order valence-corrected chi connectivity index (χ4v) is 3.08. The summed E-state index contributed by atoms with van der Waals surface area (Å²) in [4.78, 5) is 25.3. The van der Waals surface area contributed by atoms with Gasteiger partial charge in [0.1, 0.15) is 6.54 Å². The maximum absolute atomic E-state index is 12.4. The highest BCUT2D eigenvalue weighted by Gasteiger charge is 2.36. The number of hydrogen-bond acceptors (Lipinski definition) is 3. The zero-order valence-corrected chi connectivity index (χ0v) is 13.8. The van der Waals surface area contributed by atoms with Crippen LogP contribution in [0.2, 0.25) is 0 Å². The van der Waals surface area contributed by atoms with Gasteiger partial charge in [-0.2, -0.15) is 5.26 Å². The molecule has 1 atom stereocenters. The maximum Gasteiger partial charge on any atom is 0.407 e. The van der Waals surface area contributed by atoms with Crippen LogP contribution in [0.15, 0.2) is 0 Å². The second kappa shape index (κ2) is 8.02. The lowest BCUT2D eigenvalue weighted by Crippen LogP contribution is -2.51. The lowest BCUT2D eigenvalue weighted by atomic mass is 9.79. The van der Waals surface area contributed by atoms with Gasteiger partial charge in [-0.15, -0.1) is 0 Å². The van der Waals surface area contributed by atoms with Gasteiger partial charge >= 0.3 is 6.09 Å². The highest BCUT2D eigenvalue weighted by molar-refractivity contribution is 5.80. The van der Waals surface area contributed by atoms with E-state index in [-0.39, 0.29) is 30.8 Å². The van der Waals surface area contributed by atoms with Crippen molar-refractivity contribution in [1.29, 1.82) is 5.26 Å². The Morgan fingerprint density at radius 3 is 2.36 bits per heavy atom. The van der Waals surface area contributed by atoms with Crippen molar-refractivity contribution in [3.05, 3.63) is 0 Å². The van der Waals surface area contributed by atoms with E-state index in [9.17, 15) is 14.7 Å². The van der Waals surface area contributed by atoms with E-state index in [0.717, 1.165) is 25.7 Å². The number of nitrogens with zero attached hydrogens (tertiary/aromatic N) is 2. The molecule has 1 fully saturated rings. The minimum Gasteiger partial charge on any atom is -0.465 e. The van der Waals surface area contributed by atoms with Crippen LogP contribution in [0, 0.1) is 23.2 Å². The van der Waals surface area contributed by atoms with E-state index in [1.165, 1.54) is 11.3 Å². The largest absolute Gasteiger partial charge is 0.465 e. The van der Waals surface area contributed by atoms with Crippen LogP contribution < -0.4 is 5.32 Å². The van der Waals surface area contributed by atoms with Crippen LogP contribution in [0.3, 0.4) is 0 Å². The number of amides is 2. The first kappa shape index (κ1) is 18.3. The quantitative estimate of drug-likeness (QED) is 0.763. The Balaban J connectivity index is 2.90. The molecule has 0 saturated heterocycles. The van der Waals surface area contributed by atoms with Gasteiger partial charge in [0, 0.05) is 12.1 Å². The molecule has 0 bridgehead atoms. The molecule has 0 heterocycles. The fraction of sp³-hybridized carbons (Fsp3) is 0.812. The molecule has 0 aromatic heterocycles. The number of nitriles is 1. The molecule has 0 spiro atoms. The molecule has 0 aromatic rings. The molecule has 0 radical (unpaired) electrons. The van der Waals surface area contributed by atoms with Gasteiger partial charge in [0.05, 0.1) is 12.0 Å². The van der Waals surface area contributed by atoms with Crippen molar-refractivity contribution < 1.29 is 14.7 Å². The van der Waals surface area contributed by atoms with Gasteiger partial charge in [0.25, 0.3) is 0 Å². The van der Waals surface area contributed by atoms with Crippen LogP contribution in [0.1, 0.15) is 52.9 Å². The maximum atomic E-state index is 12.4. The van der Waals surface area contributed by atoms with Gasteiger partial charge < -0.3 is 15.3 Å². The second-order valence-corrected chi connectivity index (χ2v) is 6.94. The summed E-state index contributed by atoms with van der Waals surface area (Å²) in [6, 6.07) is 1.90. The average molecular weight is 309 g/mol. The smallest absolute Gasteiger partial charge is 0.407 e. The number of carbonyl (C=O) groups is 2. The second-order valence-electron chi connectivity index (χ2n) is 6.94. The third kappa shape index (κ3) is 5.21. The summed E-state index contributed by atoms with van der Waals surface area (Å²) < 4.78 is 0. The number of rotatable bonds is 5. The minimum atomic E-state index is -1.01. The van der Waals surface area contributed by atoms with Crippen molar-refractivity contribution in [3.63, 3.8) is 0 Å². The van der Waals surface area contributed by atoms with Crippen molar-refractivity contribution in [3.8, 4) is 6.07 Å². The highest BCUT2D eigenvalue weighted by atomic mass is 16.4. The summed E-state index contributed by atoms with van der Waals surface area (Å²) in [7, 11) is 0. The van der Waals surface area contributed by atoms with E-state index in [0.29, 0.717) is 0 Å². The molecule has 0 aromatic carbocycles. The summed E-state index contributed by atoms with van der Waals surface area (Å²) in [6.45, 7) is 5.62. The monoisotopic (exact) mass is 309 g/mol. The van der Waals surface area contributed by atoms with E-state index in [4.69, 9.17) is 5.26 Å².